The average molecular weight is 487 g/mol. The van der Waals surface area contributed by atoms with E-state index in [1.54, 1.807) is 67.8 Å². The highest BCUT2D eigenvalue weighted by Gasteiger charge is 2.21. The summed E-state index contributed by atoms with van der Waals surface area (Å²) in [6.45, 7) is 0. The molecule has 36 heavy (non-hydrogen) atoms. The summed E-state index contributed by atoms with van der Waals surface area (Å²) in [6.07, 6.45) is 0.0537. The Bertz CT molecular complexity index is 1560. The maximum absolute atomic E-state index is 13.8. The fourth-order valence-corrected chi connectivity index (χ4v) is 3.63. The summed E-state index contributed by atoms with van der Waals surface area (Å²) >= 11 is 0. The van der Waals surface area contributed by atoms with Gasteiger partial charge in [0.1, 0.15) is 11.3 Å². The van der Waals surface area contributed by atoms with Crippen molar-refractivity contribution >= 4 is 28.8 Å². The molecule has 11 heteroatoms. The minimum absolute atomic E-state index is 0.0170. The number of fused-ring (bicyclic) bond motifs is 1. The predicted octanol–water partition coefficient (Wildman–Crippen LogP) is 4.57. The van der Waals surface area contributed by atoms with Crippen LogP contribution in [0.3, 0.4) is 0 Å². The third-order valence-electron chi connectivity index (χ3n) is 5.38. The Morgan fingerprint density at radius 2 is 1.58 bits per heavy atom. The van der Waals surface area contributed by atoms with Crippen LogP contribution in [0, 0.1) is 0 Å². The number of anilines is 2. The van der Waals surface area contributed by atoms with E-state index in [2.05, 4.69) is 25.8 Å². The van der Waals surface area contributed by atoms with Gasteiger partial charge in [-0.2, -0.15) is 10.2 Å². The Morgan fingerprint density at radius 1 is 0.917 bits per heavy atom. The SMILES string of the molecule is Cn1ccc(C(=O)Nc2ccc(NC(=O)c3cnn4c(C(F)F)cc(-c5ccccc5)nc34)cc2)n1. The van der Waals surface area contributed by atoms with Crippen LogP contribution in [0.2, 0.25) is 0 Å². The quantitative estimate of drug-likeness (QED) is 0.365. The van der Waals surface area contributed by atoms with Gasteiger partial charge < -0.3 is 10.6 Å². The molecule has 3 aromatic heterocycles. The van der Waals surface area contributed by atoms with Crippen molar-refractivity contribution in [2.45, 2.75) is 6.43 Å². The second-order valence-electron chi connectivity index (χ2n) is 7.89. The molecule has 5 rings (SSSR count). The topological polar surface area (TPSA) is 106 Å². The van der Waals surface area contributed by atoms with E-state index in [1.165, 1.54) is 16.9 Å². The van der Waals surface area contributed by atoms with E-state index >= 15 is 0 Å². The molecule has 0 aliphatic rings. The van der Waals surface area contributed by atoms with Crippen LogP contribution in [0.5, 0.6) is 0 Å². The standard InChI is InChI=1S/C25H19F2N7O2/c1-33-12-11-19(32-33)25(36)30-17-9-7-16(8-10-17)29-24(35)18-14-28-34-21(22(26)27)13-20(31-23(18)34)15-5-3-2-4-6-15/h2-14,22H,1H3,(H,29,35)(H,30,36). The second-order valence-corrected chi connectivity index (χ2v) is 7.89. The molecule has 5 aromatic rings. The maximum atomic E-state index is 13.8. The van der Waals surface area contributed by atoms with Crippen molar-refractivity contribution in [3.8, 4) is 11.3 Å². The normalized spacial score (nSPS) is 11.1. The van der Waals surface area contributed by atoms with E-state index in [0.717, 1.165) is 4.52 Å². The summed E-state index contributed by atoms with van der Waals surface area (Å²) in [4.78, 5) is 29.7. The molecular formula is C25H19F2N7O2. The Hall–Kier alpha value is -4.93. The Kier molecular flexibility index (Phi) is 5.95. The lowest BCUT2D eigenvalue weighted by atomic mass is 10.1. The number of aromatic nitrogens is 5. The number of rotatable bonds is 6. The molecule has 180 valence electrons. The summed E-state index contributed by atoms with van der Waals surface area (Å²) in [5.74, 6) is -0.929. The van der Waals surface area contributed by atoms with Crippen LogP contribution in [0.1, 0.15) is 33.0 Å². The molecule has 0 aliphatic heterocycles. The van der Waals surface area contributed by atoms with E-state index in [0.29, 0.717) is 22.6 Å². The van der Waals surface area contributed by atoms with Gasteiger partial charge in [-0.25, -0.2) is 18.3 Å². The largest absolute Gasteiger partial charge is 0.322 e. The Morgan fingerprint density at radius 3 is 2.19 bits per heavy atom. The molecule has 2 N–H and O–H groups in total. The van der Waals surface area contributed by atoms with Crippen LogP contribution < -0.4 is 10.6 Å². The lowest BCUT2D eigenvalue weighted by molar-refractivity contribution is 0.101. The third-order valence-corrected chi connectivity index (χ3v) is 5.38. The van der Waals surface area contributed by atoms with Crippen LogP contribution in [0.4, 0.5) is 20.2 Å². The highest BCUT2D eigenvalue weighted by atomic mass is 19.3. The molecule has 0 saturated carbocycles. The number of alkyl halides is 2. The molecule has 0 spiro atoms. The summed E-state index contributed by atoms with van der Waals surface area (Å²) in [5.41, 5.74) is 1.85. The molecule has 0 aliphatic carbocycles. The van der Waals surface area contributed by atoms with E-state index in [9.17, 15) is 18.4 Å². The molecule has 3 heterocycles. The lowest BCUT2D eigenvalue weighted by Crippen LogP contribution is -2.14. The number of carbonyl (C=O) groups is 2. The number of benzene rings is 2. The molecule has 0 saturated heterocycles. The van der Waals surface area contributed by atoms with E-state index < -0.39 is 12.3 Å². The number of nitrogens with zero attached hydrogens (tertiary/aromatic N) is 5. The van der Waals surface area contributed by atoms with Crippen LogP contribution in [-0.2, 0) is 7.05 Å². The minimum Gasteiger partial charge on any atom is -0.322 e. The van der Waals surface area contributed by atoms with Crippen LogP contribution in [0.25, 0.3) is 16.9 Å². The molecule has 0 bridgehead atoms. The zero-order chi connectivity index (χ0) is 25.2. The molecular weight excluding hydrogens is 468 g/mol. The molecule has 0 fully saturated rings. The van der Waals surface area contributed by atoms with Crippen LogP contribution in [0.15, 0.2) is 79.1 Å². The van der Waals surface area contributed by atoms with Gasteiger partial charge in [-0.05, 0) is 36.4 Å². The van der Waals surface area contributed by atoms with Crippen molar-refractivity contribution in [3.63, 3.8) is 0 Å². The number of hydrogen-bond donors (Lipinski definition) is 2. The number of amides is 2. The van der Waals surface area contributed by atoms with Crippen molar-refractivity contribution in [1.29, 1.82) is 0 Å². The number of halogens is 2. The van der Waals surface area contributed by atoms with E-state index in [4.69, 9.17) is 0 Å². The van der Waals surface area contributed by atoms with Gasteiger partial charge in [0, 0.05) is 30.2 Å². The van der Waals surface area contributed by atoms with Crippen LogP contribution >= 0.6 is 0 Å². The summed E-state index contributed by atoms with van der Waals surface area (Å²) < 4.78 is 30.0. The number of hydrogen-bond acceptors (Lipinski definition) is 5. The van der Waals surface area contributed by atoms with Crippen molar-refractivity contribution in [1.82, 2.24) is 24.4 Å². The van der Waals surface area contributed by atoms with Gasteiger partial charge in [-0.3, -0.25) is 14.3 Å². The monoisotopic (exact) mass is 487 g/mol. The lowest BCUT2D eigenvalue weighted by Gasteiger charge is -2.09. The zero-order valence-corrected chi connectivity index (χ0v) is 18.9. The average Bonchev–Trinajstić information content (AvgIpc) is 3.51. The number of aryl methyl sites for hydroxylation is 1. The first-order valence-corrected chi connectivity index (χ1v) is 10.8. The molecule has 0 atom stereocenters. The zero-order valence-electron chi connectivity index (χ0n) is 18.9. The number of nitrogens with one attached hydrogen (secondary N) is 2. The van der Waals surface area contributed by atoms with Crippen molar-refractivity contribution < 1.29 is 18.4 Å². The second kappa shape index (κ2) is 9.37. The van der Waals surface area contributed by atoms with E-state index in [1.807, 2.05) is 6.07 Å². The number of carbonyl (C=O) groups excluding carboxylic acids is 2. The molecule has 2 aromatic carbocycles. The molecule has 0 radical (unpaired) electrons. The van der Waals surface area contributed by atoms with E-state index in [-0.39, 0.29) is 28.5 Å². The Labute approximate surface area is 203 Å². The first-order valence-electron chi connectivity index (χ1n) is 10.8. The Balaban J connectivity index is 1.38. The predicted molar refractivity (Wildman–Crippen MR) is 129 cm³/mol. The van der Waals surface area contributed by atoms with Crippen LogP contribution in [-0.4, -0.2) is 36.2 Å². The molecule has 2 amide bonds. The third kappa shape index (κ3) is 4.53. The highest BCUT2D eigenvalue weighted by Crippen LogP contribution is 2.27. The molecule has 0 unspecified atom stereocenters. The maximum Gasteiger partial charge on any atom is 0.280 e. The summed E-state index contributed by atoms with van der Waals surface area (Å²) in [6, 6.07) is 18.2. The van der Waals surface area contributed by atoms with Crippen molar-refractivity contribution in [2.24, 2.45) is 7.05 Å². The van der Waals surface area contributed by atoms with Gasteiger partial charge in [0.2, 0.25) is 0 Å². The summed E-state index contributed by atoms with van der Waals surface area (Å²) in [5, 5.41) is 13.5. The first kappa shape index (κ1) is 22.8. The van der Waals surface area contributed by atoms with Gasteiger partial charge in [-0.1, -0.05) is 30.3 Å². The molecule has 9 nitrogen and oxygen atoms in total. The summed E-state index contributed by atoms with van der Waals surface area (Å²) in [7, 11) is 1.71. The smallest absolute Gasteiger partial charge is 0.280 e. The fourth-order valence-electron chi connectivity index (χ4n) is 3.63. The van der Waals surface area contributed by atoms with Crippen molar-refractivity contribution in [3.05, 3.63) is 96.1 Å². The van der Waals surface area contributed by atoms with Crippen molar-refractivity contribution in [2.75, 3.05) is 10.6 Å². The first-order chi connectivity index (χ1) is 17.4. The van der Waals surface area contributed by atoms with Gasteiger partial charge in [-0.15, -0.1) is 0 Å². The van der Waals surface area contributed by atoms with Gasteiger partial charge >= 0.3 is 0 Å². The highest BCUT2D eigenvalue weighted by molar-refractivity contribution is 6.08. The van der Waals surface area contributed by atoms with Gasteiger partial charge in [0.25, 0.3) is 18.2 Å². The minimum atomic E-state index is -2.82. The fraction of sp³-hybridized carbons (Fsp3) is 0.0800. The van der Waals surface area contributed by atoms with Gasteiger partial charge in [0.15, 0.2) is 11.3 Å². The van der Waals surface area contributed by atoms with Gasteiger partial charge in [0.05, 0.1) is 11.9 Å².